The first-order valence-electron chi connectivity index (χ1n) is 6.37. The van der Waals surface area contributed by atoms with Crippen LogP contribution in [0.4, 0.5) is 10.5 Å². The van der Waals surface area contributed by atoms with Crippen molar-refractivity contribution < 1.29 is 4.79 Å². The van der Waals surface area contributed by atoms with Gasteiger partial charge in [-0.1, -0.05) is 11.6 Å². The van der Waals surface area contributed by atoms with Crippen molar-refractivity contribution in [3.8, 4) is 0 Å². The Morgan fingerprint density at radius 3 is 2.58 bits per heavy atom. The molecule has 3 nitrogen and oxygen atoms in total. The molecule has 0 aliphatic carbocycles. The van der Waals surface area contributed by atoms with Crippen molar-refractivity contribution >= 4 is 35.1 Å². The van der Waals surface area contributed by atoms with Crippen LogP contribution in [0.25, 0.3) is 0 Å². The number of nitrogens with zero attached hydrogens (tertiary/aromatic N) is 1. The molecule has 1 unspecified atom stereocenters. The molecule has 1 N–H and O–H groups in total. The van der Waals surface area contributed by atoms with Gasteiger partial charge in [0.1, 0.15) is 0 Å². The van der Waals surface area contributed by atoms with E-state index in [9.17, 15) is 4.79 Å². The summed E-state index contributed by atoms with van der Waals surface area (Å²) < 4.78 is 0. The Labute approximate surface area is 123 Å². The summed E-state index contributed by atoms with van der Waals surface area (Å²) in [5.41, 5.74) is 2.85. The summed E-state index contributed by atoms with van der Waals surface area (Å²) in [4.78, 5) is 14.1. The summed E-state index contributed by atoms with van der Waals surface area (Å²) >= 11 is 7.90. The molecule has 104 valence electrons. The summed E-state index contributed by atoms with van der Waals surface area (Å²) in [7, 11) is 1.87. The minimum Gasteiger partial charge on any atom is -0.324 e. The van der Waals surface area contributed by atoms with Gasteiger partial charge in [0.05, 0.1) is 0 Å². The molecular formula is C14H19ClN2OS. The number of hydrogen-bond acceptors (Lipinski definition) is 2. The zero-order valence-corrected chi connectivity index (χ0v) is 13.1. The minimum atomic E-state index is -0.0407. The fourth-order valence-electron chi connectivity index (χ4n) is 2.30. The topological polar surface area (TPSA) is 32.3 Å². The molecule has 0 radical (unpaired) electrons. The van der Waals surface area contributed by atoms with Crippen LogP contribution in [0, 0.1) is 13.8 Å². The molecule has 0 spiro atoms. The van der Waals surface area contributed by atoms with Crippen molar-refractivity contribution in [1.29, 1.82) is 0 Å². The largest absolute Gasteiger partial charge is 0.324 e. The van der Waals surface area contributed by atoms with Crippen LogP contribution in [0.15, 0.2) is 12.1 Å². The van der Waals surface area contributed by atoms with Gasteiger partial charge >= 0.3 is 6.03 Å². The first kappa shape index (κ1) is 14.5. The summed E-state index contributed by atoms with van der Waals surface area (Å²) in [5, 5.41) is 3.70. The highest BCUT2D eigenvalue weighted by Gasteiger charge is 2.24. The zero-order chi connectivity index (χ0) is 14.0. The van der Waals surface area contributed by atoms with Crippen LogP contribution >= 0.6 is 23.4 Å². The van der Waals surface area contributed by atoms with E-state index in [0.717, 1.165) is 34.7 Å². The van der Waals surface area contributed by atoms with Crippen molar-refractivity contribution in [2.45, 2.75) is 26.3 Å². The third-order valence-corrected chi connectivity index (χ3v) is 4.87. The van der Waals surface area contributed by atoms with Crippen LogP contribution < -0.4 is 5.32 Å². The number of benzene rings is 1. The van der Waals surface area contributed by atoms with E-state index in [2.05, 4.69) is 5.32 Å². The number of aryl methyl sites for hydroxylation is 2. The molecule has 0 saturated carbocycles. The first-order valence-corrected chi connectivity index (χ1v) is 7.90. The van der Waals surface area contributed by atoms with Gasteiger partial charge in [-0.2, -0.15) is 11.8 Å². The van der Waals surface area contributed by atoms with Gasteiger partial charge in [0.2, 0.25) is 0 Å². The molecule has 19 heavy (non-hydrogen) atoms. The molecule has 1 fully saturated rings. The van der Waals surface area contributed by atoms with Gasteiger partial charge in [0.15, 0.2) is 0 Å². The van der Waals surface area contributed by atoms with E-state index in [1.807, 2.05) is 49.7 Å². The number of hydrogen-bond donors (Lipinski definition) is 1. The SMILES string of the molecule is Cc1cc(Cl)cc(C)c1NC(=O)N(C)C1CCSC1. The van der Waals surface area contributed by atoms with Crippen molar-refractivity contribution in [3.63, 3.8) is 0 Å². The highest BCUT2D eigenvalue weighted by molar-refractivity contribution is 7.99. The second kappa shape index (κ2) is 6.06. The smallest absolute Gasteiger partial charge is 0.321 e. The van der Waals surface area contributed by atoms with Gasteiger partial charge in [-0.15, -0.1) is 0 Å². The number of amides is 2. The van der Waals surface area contributed by atoms with E-state index in [1.54, 1.807) is 0 Å². The molecule has 0 aromatic heterocycles. The maximum absolute atomic E-state index is 12.3. The Morgan fingerprint density at radius 2 is 2.05 bits per heavy atom. The van der Waals surface area contributed by atoms with Crippen molar-refractivity contribution in [3.05, 3.63) is 28.3 Å². The Balaban J connectivity index is 2.10. The second-order valence-electron chi connectivity index (χ2n) is 4.97. The van der Waals surface area contributed by atoms with Crippen LogP contribution in [-0.4, -0.2) is 35.5 Å². The molecule has 5 heteroatoms. The standard InChI is InChI=1S/C14H19ClN2OS/c1-9-6-11(15)7-10(2)13(9)16-14(18)17(3)12-4-5-19-8-12/h6-7,12H,4-5,8H2,1-3H3,(H,16,18). The third kappa shape index (κ3) is 3.37. The highest BCUT2D eigenvalue weighted by Crippen LogP contribution is 2.26. The molecule has 1 saturated heterocycles. The summed E-state index contributed by atoms with van der Waals surface area (Å²) in [6.07, 6.45) is 1.08. The van der Waals surface area contributed by atoms with Crippen LogP contribution in [0.5, 0.6) is 0 Å². The van der Waals surface area contributed by atoms with Crippen molar-refractivity contribution in [2.24, 2.45) is 0 Å². The van der Waals surface area contributed by atoms with E-state index in [0.29, 0.717) is 11.1 Å². The predicted molar refractivity (Wildman–Crippen MR) is 83.4 cm³/mol. The fraction of sp³-hybridized carbons (Fsp3) is 0.500. The lowest BCUT2D eigenvalue weighted by Crippen LogP contribution is -2.40. The van der Waals surface area contributed by atoms with E-state index in [-0.39, 0.29) is 6.03 Å². The molecule has 2 amide bonds. The number of carbonyl (C=O) groups is 1. The van der Waals surface area contributed by atoms with E-state index in [1.165, 1.54) is 0 Å². The lowest BCUT2D eigenvalue weighted by atomic mass is 10.1. The molecule has 1 aromatic rings. The normalized spacial score (nSPS) is 18.4. The Hall–Kier alpha value is -0.870. The van der Waals surface area contributed by atoms with Gasteiger partial charge in [-0.25, -0.2) is 4.79 Å². The van der Waals surface area contributed by atoms with Gasteiger partial charge in [-0.05, 0) is 49.3 Å². The quantitative estimate of drug-likeness (QED) is 0.897. The van der Waals surface area contributed by atoms with Gasteiger partial charge in [0, 0.05) is 29.6 Å². The molecule has 1 aromatic carbocycles. The van der Waals surface area contributed by atoms with Gasteiger partial charge < -0.3 is 10.2 Å². The van der Waals surface area contributed by atoms with E-state index >= 15 is 0 Å². The Bertz CT molecular complexity index is 463. The maximum atomic E-state index is 12.3. The maximum Gasteiger partial charge on any atom is 0.321 e. The lowest BCUT2D eigenvalue weighted by Gasteiger charge is -2.25. The van der Waals surface area contributed by atoms with Crippen LogP contribution in [0.2, 0.25) is 5.02 Å². The monoisotopic (exact) mass is 298 g/mol. The summed E-state index contributed by atoms with van der Waals surface area (Å²) in [6, 6.07) is 4.05. The van der Waals surface area contributed by atoms with Crippen molar-refractivity contribution in [1.82, 2.24) is 4.90 Å². The number of halogens is 1. The zero-order valence-electron chi connectivity index (χ0n) is 11.5. The third-order valence-electron chi connectivity index (χ3n) is 3.50. The fourth-order valence-corrected chi connectivity index (χ4v) is 3.89. The van der Waals surface area contributed by atoms with E-state index < -0.39 is 0 Å². The minimum absolute atomic E-state index is 0.0407. The van der Waals surface area contributed by atoms with Gasteiger partial charge in [-0.3, -0.25) is 0 Å². The second-order valence-corrected chi connectivity index (χ2v) is 6.56. The average Bonchev–Trinajstić information content (AvgIpc) is 2.86. The Morgan fingerprint density at radius 1 is 1.42 bits per heavy atom. The molecule has 1 atom stereocenters. The summed E-state index contributed by atoms with van der Waals surface area (Å²) in [6.45, 7) is 3.92. The summed E-state index contributed by atoms with van der Waals surface area (Å²) in [5.74, 6) is 2.17. The predicted octanol–water partition coefficient (Wildman–Crippen LogP) is 3.93. The van der Waals surface area contributed by atoms with Crippen LogP contribution in [-0.2, 0) is 0 Å². The Kier molecular flexibility index (Phi) is 4.63. The molecular weight excluding hydrogens is 280 g/mol. The first-order chi connectivity index (χ1) is 8.99. The number of thioether (sulfide) groups is 1. The molecule has 1 aliphatic heterocycles. The van der Waals surface area contributed by atoms with E-state index in [4.69, 9.17) is 11.6 Å². The number of nitrogens with one attached hydrogen (secondary N) is 1. The van der Waals surface area contributed by atoms with Crippen molar-refractivity contribution in [2.75, 3.05) is 23.9 Å². The van der Waals surface area contributed by atoms with Crippen LogP contribution in [0.1, 0.15) is 17.5 Å². The number of carbonyl (C=O) groups excluding carboxylic acids is 1. The number of anilines is 1. The number of rotatable bonds is 2. The number of urea groups is 1. The lowest BCUT2D eigenvalue weighted by molar-refractivity contribution is 0.209. The molecule has 0 bridgehead atoms. The van der Waals surface area contributed by atoms with Gasteiger partial charge in [0.25, 0.3) is 0 Å². The highest BCUT2D eigenvalue weighted by atomic mass is 35.5. The molecule has 2 rings (SSSR count). The van der Waals surface area contributed by atoms with Crippen LogP contribution in [0.3, 0.4) is 0 Å². The molecule has 1 heterocycles. The average molecular weight is 299 g/mol. The molecule has 1 aliphatic rings.